The number of hydrogen-bond acceptors (Lipinski definition) is 19. The number of methoxy groups -OCH3 is 3. The van der Waals surface area contributed by atoms with Crippen LogP contribution < -0.4 is 14.2 Å². The Balaban J connectivity index is 1.52. The minimum atomic E-state index is -1.93. The minimum absolute atomic E-state index is 0.303. The molecule has 0 radical (unpaired) electrons. The van der Waals surface area contributed by atoms with Gasteiger partial charge >= 0.3 is 5.97 Å². The first-order valence-corrected chi connectivity index (χ1v) is 14.8. The van der Waals surface area contributed by atoms with Gasteiger partial charge in [0, 0.05) is 6.08 Å². The van der Waals surface area contributed by atoms with Crippen molar-refractivity contribution in [3.63, 3.8) is 0 Å². The van der Waals surface area contributed by atoms with Crippen LogP contribution in [0.15, 0.2) is 18.2 Å². The lowest BCUT2D eigenvalue weighted by Gasteiger charge is -2.44. The molecule has 0 aliphatic carbocycles. The van der Waals surface area contributed by atoms with Gasteiger partial charge in [0.15, 0.2) is 24.1 Å². The Hall–Kier alpha value is -2.73. The summed E-state index contributed by atoms with van der Waals surface area (Å²) in [5.74, 6) is -0.118. The molecule has 0 amide bonds. The third kappa shape index (κ3) is 8.17. The van der Waals surface area contributed by atoms with Crippen LogP contribution in [0.25, 0.3) is 6.08 Å². The highest BCUT2D eigenvalue weighted by Gasteiger charge is 2.52. The van der Waals surface area contributed by atoms with Gasteiger partial charge in [0.1, 0.15) is 67.1 Å². The molecule has 0 bridgehead atoms. The van der Waals surface area contributed by atoms with E-state index in [1.807, 2.05) is 0 Å². The van der Waals surface area contributed by atoms with E-state index in [0.717, 1.165) is 6.08 Å². The lowest BCUT2D eigenvalue weighted by molar-refractivity contribution is -0.340. The van der Waals surface area contributed by atoms with Crippen molar-refractivity contribution < 1.29 is 93.4 Å². The van der Waals surface area contributed by atoms with Crippen LogP contribution in [0.4, 0.5) is 0 Å². The number of carbonyl (C=O) groups is 1. The fourth-order valence-corrected chi connectivity index (χ4v) is 5.34. The molecule has 1 aromatic carbocycles. The standard InChI is InChI=1S/C29H42O19/c1-40-12-6-11(7-13(41-2)25(12)42-3)4-5-17(32)47-29-24(39)26(48-28-22(37)19(34)15(9-31)45-28)20(35)16(46-29)10-43-27-23(38)21(36)18(33)14(8-30)44-27/h4-7,14-16,18-24,26-31,33-39H,8-10H2,1-3H3/b5-4+/t14-,15+,16-,18-,19+,20-,21+,22-,23-,24-,26+,27-,28+,29+/m1/s1. The van der Waals surface area contributed by atoms with Crippen molar-refractivity contribution in [1.82, 2.24) is 0 Å². The largest absolute Gasteiger partial charge is 0.493 e. The van der Waals surface area contributed by atoms with Crippen LogP contribution >= 0.6 is 0 Å². The highest BCUT2D eigenvalue weighted by atomic mass is 16.8. The first-order valence-electron chi connectivity index (χ1n) is 14.8. The molecule has 3 heterocycles. The summed E-state index contributed by atoms with van der Waals surface area (Å²) in [5, 5.41) is 91.9. The smallest absolute Gasteiger partial charge is 0.333 e. The third-order valence-electron chi connectivity index (χ3n) is 8.04. The van der Waals surface area contributed by atoms with Crippen LogP contribution in [0.3, 0.4) is 0 Å². The molecular formula is C29H42O19. The molecule has 1 aromatic rings. The first-order chi connectivity index (χ1) is 22.9. The summed E-state index contributed by atoms with van der Waals surface area (Å²) in [5.41, 5.74) is 0.429. The molecule has 3 aliphatic heterocycles. The maximum atomic E-state index is 12.9. The van der Waals surface area contributed by atoms with E-state index in [1.54, 1.807) is 12.1 Å². The highest BCUT2D eigenvalue weighted by molar-refractivity contribution is 5.87. The lowest BCUT2D eigenvalue weighted by atomic mass is 9.98. The maximum Gasteiger partial charge on any atom is 0.333 e. The number of ether oxygens (including phenoxy) is 9. The van der Waals surface area contributed by atoms with Gasteiger partial charge in [-0.3, -0.25) is 0 Å². The van der Waals surface area contributed by atoms with E-state index in [4.69, 9.17) is 42.6 Å². The van der Waals surface area contributed by atoms with Gasteiger partial charge in [-0.15, -0.1) is 0 Å². The predicted molar refractivity (Wildman–Crippen MR) is 154 cm³/mol. The second-order valence-electron chi connectivity index (χ2n) is 11.1. The SMILES string of the molecule is COc1cc(/C=C/C(=O)O[C@@H]2O[C@H](CO[C@@H]3O[C@H](CO)[C@@H](O)[C@H](O)[C@H]3O)[C@@H](O)[C@H](O[C@@H]3O[C@@H](CO)[C@H](O)[C@H]3O)[C@H]2O)cc(OC)c1OC. The van der Waals surface area contributed by atoms with E-state index in [-0.39, 0.29) is 0 Å². The van der Waals surface area contributed by atoms with E-state index in [1.165, 1.54) is 27.4 Å². The molecule has 3 aliphatic rings. The Bertz CT molecular complexity index is 1200. The summed E-state index contributed by atoms with van der Waals surface area (Å²) in [6, 6.07) is 3.09. The zero-order chi connectivity index (χ0) is 35.3. The number of carbonyl (C=O) groups excluding carboxylic acids is 1. The van der Waals surface area contributed by atoms with Crippen molar-refractivity contribution in [3.8, 4) is 17.2 Å². The summed E-state index contributed by atoms with van der Waals surface area (Å²) >= 11 is 0. The molecule has 19 heteroatoms. The van der Waals surface area contributed by atoms with Crippen molar-refractivity contribution in [2.45, 2.75) is 86.0 Å². The van der Waals surface area contributed by atoms with Gasteiger partial charge in [-0.25, -0.2) is 4.79 Å². The van der Waals surface area contributed by atoms with Crippen LogP contribution in [-0.4, -0.2) is 179 Å². The number of rotatable bonds is 13. The Labute approximate surface area is 273 Å². The molecule has 0 aromatic heterocycles. The fourth-order valence-electron chi connectivity index (χ4n) is 5.34. The monoisotopic (exact) mass is 694 g/mol. The van der Waals surface area contributed by atoms with Crippen LogP contribution in [-0.2, 0) is 33.2 Å². The first kappa shape index (κ1) is 38.1. The Morgan fingerprint density at radius 1 is 0.688 bits per heavy atom. The molecule has 0 spiro atoms. The van der Waals surface area contributed by atoms with Crippen LogP contribution in [0, 0.1) is 0 Å². The maximum absolute atomic E-state index is 12.9. The summed E-state index contributed by atoms with van der Waals surface area (Å²) in [6.07, 6.45) is -20.9. The van der Waals surface area contributed by atoms with Gasteiger partial charge in [-0.2, -0.15) is 0 Å². The molecule has 14 atom stereocenters. The second-order valence-corrected chi connectivity index (χ2v) is 11.1. The van der Waals surface area contributed by atoms with E-state index in [0.29, 0.717) is 22.8 Å². The van der Waals surface area contributed by atoms with E-state index < -0.39 is 112 Å². The summed E-state index contributed by atoms with van der Waals surface area (Å²) in [4.78, 5) is 12.9. The van der Waals surface area contributed by atoms with Gasteiger partial charge in [-0.05, 0) is 23.8 Å². The van der Waals surface area contributed by atoms with Crippen LogP contribution in [0.2, 0.25) is 0 Å². The molecule has 3 fully saturated rings. The zero-order valence-corrected chi connectivity index (χ0v) is 26.1. The van der Waals surface area contributed by atoms with Crippen molar-refractivity contribution in [2.24, 2.45) is 0 Å². The number of hydrogen-bond donors (Lipinski definition) is 9. The van der Waals surface area contributed by atoms with Gasteiger partial charge in [0.25, 0.3) is 0 Å². The highest BCUT2D eigenvalue weighted by Crippen LogP contribution is 2.38. The minimum Gasteiger partial charge on any atom is -0.493 e. The molecule has 272 valence electrons. The molecule has 9 N–H and O–H groups in total. The number of esters is 1. The van der Waals surface area contributed by atoms with Gasteiger partial charge in [-0.1, -0.05) is 0 Å². The second kappa shape index (κ2) is 16.8. The Kier molecular flexibility index (Phi) is 13.3. The predicted octanol–water partition coefficient (Wildman–Crippen LogP) is -4.64. The average Bonchev–Trinajstić information content (AvgIpc) is 3.36. The summed E-state index contributed by atoms with van der Waals surface area (Å²) in [7, 11) is 4.24. The molecule has 0 unspecified atom stereocenters. The number of benzene rings is 1. The molecule has 19 nitrogen and oxygen atoms in total. The average molecular weight is 695 g/mol. The molecule has 4 rings (SSSR count). The van der Waals surface area contributed by atoms with Crippen molar-refractivity contribution in [2.75, 3.05) is 41.2 Å². The van der Waals surface area contributed by atoms with E-state index in [9.17, 15) is 50.8 Å². The fraction of sp³-hybridized carbons (Fsp3) is 0.690. The van der Waals surface area contributed by atoms with Gasteiger partial charge in [0.05, 0.1) is 41.2 Å². The normalized spacial score (nSPS) is 38.6. The Morgan fingerprint density at radius 3 is 1.79 bits per heavy atom. The van der Waals surface area contributed by atoms with Crippen LogP contribution in [0.5, 0.6) is 17.2 Å². The van der Waals surface area contributed by atoms with Crippen molar-refractivity contribution in [3.05, 3.63) is 23.8 Å². The molecule has 0 saturated carbocycles. The van der Waals surface area contributed by atoms with Crippen molar-refractivity contribution in [1.29, 1.82) is 0 Å². The quantitative estimate of drug-likeness (QED) is 0.0693. The molecule has 3 saturated heterocycles. The summed E-state index contributed by atoms with van der Waals surface area (Å²) < 4.78 is 48.5. The van der Waals surface area contributed by atoms with Crippen molar-refractivity contribution >= 4 is 12.0 Å². The van der Waals surface area contributed by atoms with Gasteiger partial charge < -0.3 is 88.6 Å². The lowest BCUT2D eigenvalue weighted by Crippen LogP contribution is -2.63. The van der Waals surface area contributed by atoms with E-state index >= 15 is 0 Å². The van der Waals surface area contributed by atoms with E-state index in [2.05, 4.69) is 0 Å². The topological polar surface area (TPSA) is 282 Å². The summed E-state index contributed by atoms with van der Waals surface area (Å²) in [6.45, 7) is -2.09. The van der Waals surface area contributed by atoms with Crippen LogP contribution in [0.1, 0.15) is 5.56 Å². The molecule has 48 heavy (non-hydrogen) atoms. The number of aliphatic hydroxyl groups is 9. The number of aliphatic hydroxyl groups excluding tert-OH is 9. The van der Waals surface area contributed by atoms with Gasteiger partial charge in [0.2, 0.25) is 12.0 Å². The third-order valence-corrected chi connectivity index (χ3v) is 8.04. The Morgan fingerprint density at radius 2 is 1.23 bits per heavy atom. The molecular weight excluding hydrogens is 652 g/mol. The zero-order valence-electron chi connectivity index (χ0n) is 26.1.